The minimum Gasteiger partial charge on any atom is -0.469 e. The number of unbranched alkanes of at least 4 members (excludes halogenated alkanes) is 3. The van der Waals surface area contributed by atoms with Gasteiger partial charge in [-0.25, -0.2) is 4.79 Å². The first kappa shape index (κ1) is 18.8. The van der Waals surface area contributed by atoms with Crippen LogP contribution in [0.3, 0.4) is 0 Å². The maximum Gasteiger partial charge on any atom is 0.368 e. The van der Waals surface area contributed by atoms with Gasteiger partial charge in [0, 0.05) is 11.5 Å². The average Bonchev–Trinajstić information content (AvgIpc) is 2.81. The molecule has 0 aliphatic carbocycles. The monoisotopic (exact) mass is 354 g/mol. The molecule has 0 aliphatic heterocycles. The number of hydrogen-bond donors (Lipinski definition) is 0. The summed E-state index contributed by atoms with van der Waals surface area (Å²) in [7, 11) is 0. The van der Waals surface area contributed by atoms with Gasteiger partial charge in [-0.15, -0.1) is 4.98 Å². The molecule has 122 valence electrons. The number of ether oxygens (including phenoxy) is 1. The Bertz CT molecular complexity index is 508. The summed E-state index contributed by atoms with van der Waals surface area (Å²) in [5.74, 6) is 0. The number of hydrogen-bond acceptors (Lipinski definition) is 7. The lowest BCUT2D eigenvalue weighted by Crippen LogP contribution is -2.16. The van der Waals surface area contributed by atoms with Gasteiger partial charge in [-0.2, -0.15) is 3.73 Å². The molecule has 9 heteroatoms. The Kier molecular flexibility index (Phi) is 8.66. The van der Waals surface area contributed by atoms with Gasteiger partial charge < -0.3 is 13.8 Å². The summed E-state index contributed by atoms with van der Waals surface area (Å²) in [4.78, 5) is 15.8. The minimum absolute atomic E-state index is 0.324. The molecule has 21 heavy (non-hydrogen) atoms. The van der Waals surface area contributed by atoms with Crippen molar-refractivity contribution in [2.45, 2.75) is 46.5 Å². The van der Waals surface area contributed by atoms with Gasteiger partial charge in [-0.05, 0) is 32.1 Å². The van der Waals surface area contributed by atoms with Crippen LogP contribution in [0.25, 0.3) is 0 Å². The summed E-state index contributed by atoms with van der Waals surface area (Å²) in [5, 5.41) is 0.324. The molecule has 0 saturated heterocycles. The molecule has 6 nitrogen and oxygen atoms in total. The van der Waals surface area contributed by atoms with Crippen LogP contribution in [0.5, 0.6) is 5.19 Å². The molecule has 0 unspecified atom stereocenters. The van der Waals surface area contributed by atoms with Crippen molar-refractivity contribution in [3.8, 4) is 5.19 Å². The predicted octanol–water partition coefficient (Wildman–Crippen LogP) is 3.41. The highest BCUT2D eigenvalue weighted by Crippen LogP contribution is 2.50. The molecule has 0 atom stereocenters. The Hall–Kier alpha value is -0.270. The van der Waals surface area contributed by atoms with E-state index in [1.807, 2.05) is 13.8 Å². The molecular formula is C12H23N2O4PS2. The second kappa shape index (κ2) is 9.69. The average molecular weight is 354 g/mol. The Morgan fingerprint density at radius 2 is 1.86 bits per heavy atom. The molecule has 0 N–H and O–H groups in total. The summed E-state index contributed by atoms with van der Waals surface area (Å²) in [6.45, 7) is 4.29. The fraction of sp³-hybridized carbons (Fsp3) is 0.833. The first-order chi connectivity index (χ1) is 10.1. The highest BCUT2D eigenvalue weighted by atomic mass is 32.5. The maximum atomic E-state index is 12.0. The molecule has 0 spiro atoms. The van der Waals surface area contributed by atoms with E-state index in [0.717, 1.165) is 24.4 Å². The van der Waals surface area contributed by atoms with Crippen LogP contribution in [0.1, 0.15) is 46.5 Å². The van der Waals surface area contributed by atoms with Crippen LogP contribution < -0.4 is 10.4 Å². The summed E-state index contributed by atoms with van der Waals surface area (Å²) in [5.41, 5.74) is -0.464. The fourth-order valence-electron chi connectivity index (χ4n) is 1.62. The first-order valence-electron chi connectivity index (χ1n) is 7.20. The number of nitrogens with zero attached hydrogens (tertiary/aromatic N) is 2. The van der Waals surface area contributed by atoms with Crippen molar-refractivity contribution in [2.24, 2.45) is 0 Å². The van der Waals surface area contributed by atoms with Crippen LogP contribution in [0.15, 0.2) is 4.79 Å². The Morgan fingerprint density at radius 1 is 1.19 bits per heavy atom. The second-order valence-corrected chi connectivity index (χ2v) is 8.64. The van der Waals surface area contributed by atoms with Gasteiger partial charge in [0.15, 0.2) is 0 Å². The van der Waals surface area contributed by atoms with E-state index in [0.29, 0.717) is 25.0 Å². The number of rotatable bonds is 11. The summed E-state index contributed by atoms with van der Waals surface area (Å²) >= 11 is 6.46. The predicted molar refractivity (Wildman–Crippen MR) is 88.9 cm³/mol. The van der Waals surface area contributed by atoms with E-state index in [-0.39, 0.29) is 0 Å². The fourth-order valence-corrected chi connectivity index (χ4v) is 5.37. The van der Waals surface area contributed by atoms with Crippen molar-refractivity contribution >= 4 is 30.0 Å². The second-order valence-electron chi connectivity index (χ2n) is 4.24. The van der Waals surface area contributed by atoms with Gasteiger partial charge in [0.25, 0.3) is 5.19 Å². The molecular weight excluding hydrogens is 331 g/mol. The van der Waals surface area contributed by atoms with E-state index in [1.54, 1.807) is 0 Å². The van der Waals surface area contributed by atoms with Crippen LogP contribution in [-0.4, -0.2) is 28.5 Å². The molecule has 1 rings (SSSR count). The van der Waals surface area contributed by atoms with Gasteiger partial charge in [-0.1, -0.05) is 26.2 Å². The van der Waals surface area contributed by atoms with Crippen LogP contribution in [0.4, 0.5) is 0 Å². The molecule has 0 aliphatic rings. The lowest BCUT2D eigenvalue weighted by atomic mass is 10.2. The molecule has 0 saturated carbocycles. The van der Waals surface area contributed by atoms with Crippen molar-refractivity contribution in [1.29, 1.82) is 0 Å². The Labute approximate surface area is 134 Å². The number of aromatic nitrogens is 2. The molecule has 0 amide bonds. The smallest absolute Gasteiger partial charge is 0.368 e. The van der Waals surface area contributed by atoms with E-state index >= 15 is 0 Å². The standard InChI is InChI=1S/C12H23N2O4PS2/c1-4-7-8-9-10-16-12-13-11(15)14(21-12)19(20,17-5-2)18-6-3/h4-10H2,1-3H3. The molecule has 0 aromatic carbocycles. The van der Waals surface area contributed by atoms with Crippen LogP contribution >= 0.6 is 18.2 Å². The highest BCUT2D eigenvalue weighted by molar-refractivity contribution is 8.09. The zero-order valence-electron chi connectivity index (χ0n) is 12.7. The minimum atomic E-state index is -2.82. The largest absolute Gasteiger partial charge is 0.469 e. The quantitative estimate of drug-likeness (QED) is 0.448. The summed E-state index contributed by atoms with van der Waals surface area (Å²) in [6, 6.07) is 0. The van der Waals surface area contributed by atoms with E-state index in [4.69, 9.17) is 25.6 Å². The van der Waals surface area contributed by atoms with Crippen LogP contribution in [0, 0.1) is 0 Å². The zero-order valence-corrected chi connectivity index (χ0v) is 15.3. The highest BCUT2D eigenvalue weighted by Gasteiger charge is 2.26. The zero-order chi connectivity index (χ0) is 15.7. The molecule has 0 bridgehead atoms. The van der Waals surface area contributed by atoms with Gasteiger partial charge in [0.2, 0.25) is 0 Å². The van der Waals surface area contributed by atoms with Crippen molar-refractivity contribution in [3.63, 3.8) is 0 Å². The van der Waals surface area contributed by atoms with E-state index in [1.165, 1.54) is 16.6 Å². The van der Waals surface area contributed by atoms with Crippen LogP contribution in [-0.2, 0) is 20.9 Å². The van der Waals surface area contributed by atoms with Crippen molar-refractivity contribution in [2.75, 3.05) is 19.8 Å². The van der Waals surface area contributed by atoms with Gasteiger partial charge >= 0.3 is 12.3 Å². The Balaban J connectivity index is 2.72. The van der Waals surface area contributed by atoms with Gasteiger partial charge in [-0.3, -0.25) is 0 Å². The topological polar surface area (TPSA) is 62.6 Å². The normalized spacial score (nSPS) is 11.8. The molecule has 1 aromatic rings. The molecule has 0 radical (unpaired) electrons. The summed E-state index contributed by atoms with van der Waals surface area (Å²) < 4.78 is 17.8. The van der Waals surface area contributed by atoms with Crippen molar-refractivity contribution in [3.05, 3.63) is 10.5 Å². The summed E-state index contributed by atoms with van der Waals surface area (Å²) in [6.07, 6.45) is 4.42. The van der Waals surface area contributed by atoms with Crippen molar-refractivity contribution in [1.82, 2.24) is 8.71 Å². The van der Waals surface area contributed by atoms with Crippen molar-refractivity contribution < 1.29 is 13.8 Å². The van der Waals surface area contributed by atoms with Gasteiger partial charge in [0.05, 0.1) is 19.8 Å². The lowest BCUT2D eigenvalue weighted by molar-refractivity contribution is 0.261. The molecule has 0 fully saturated rings. The van der Waals surface area contributed by atoms with Gasteiger partial charge in [0.1, 0.15) is 0 Å². The third-order valence-electron chi connectivity index (χ3n) is 2.55. The third kappa shape index (κ3) is 5.79. The third-order valence-corrected chi connectivity index (χ3v) is 7.35. The van der Waals surface area contributed by atoms with Crippen LogP contribution in [0.2, 0.25) is 0 Å². The van der Waals surface area contributed by atoms with E-state index < -0.39 is 12.3 Å². The maximum absolute atomic E-state index is 12.0. The SMILES string of the molecule is CCCCCCOc1nc(=O)n(P(=S)(OCC)OCC)s1. The first-order valence-corrected chi connectivity index (χ1v) is 10.6. The van der Waals surface area contributed by atoms with E-state index in [9.17, 15) is 4.79 Å². The lowest BCUT2D eigenvalue weighted by Gasteiger charge is -2.19. The molecule has 1 heterocycles. The Morgan fingerprint density at radius 3 is 2.43 bits per heavy atom. The van der Waals surface area contributed by atoms with E-state index in [2.05, 4.69) is 11.9 Å². The molecule has 1 aromatic heterocycles.